The third-order valence-corrected chi connectivity index (χ3v) is 2.08. The van der Waals surface area contributed by atoms with Gasteiger partial charge in [-0.15, -0.1) is 0 Å². The molecule has 0 rings (SSSR count). The molecule has 0 bridgehead atoms. The van der Waals surface area contributed by atoms with E-state index in [1.807, 2.05) is 20.8 Å². The molecule has 1 atom stereocenters. The summed E-state index contributed by atoms with van der Waals surface area (Å²) in [6.07, 6.45) is 3.60. The first-order valence-electron chi connectivity index (χ1n) is 6.15. The van der Waals surface area contributed by atoms with Crippen LogP contribution in [0, 0.1) is 5.92 Å². The van der Waals surface area contributed by atoms with Crippen LogP contribution in [-0.4, -0.2) is 24.2 Å². The Hall–Kier alpha value is -0.570. The van der Waals surface area contributed by atoms with Gasteiger partial charge in [-0.25, -0.2) is 0 Å². The van der Waals surface area contributed by atoms with Crippen LogP contribution in [0.25, 0.3) is 0 Å². The van der Waals surface area contributed by atoms with Crippen molar-refractivity contribution in [1.29, 1.82) is 0 Å². The van der Waals surface area contributed by atoms with Crippen LogP contribution in [0.1, 0.15) is 53.4 Å². The van der Waals surface area contributed by atoms with Gasteiger partial charge in [0.25, 0.3) is 0 Å². The summed E-state index contributed by atoms with van der Waals surface area (Å²) in [5, 5.41) is 12.0. The van der Waals surface area contributed by atoms with Gasteiger partial charge in [-0.1, -0.05) is 34.1 Å². The molecule has 3 nitrogen and oxygen atoms in total. The van der Waals surface area contributed by atoms with E-state index in [0.29, 0.717) is 0 Å². The molecular weight excluding hydrogens is 190 g/mol. The van der Waals surface area contributed by atoms with E-state index in [0.717, 1.165) is 38.8 Å². The zero-order valence-corrected chi connectivity index (χ0v) is 10.7. The van der Waals surface area contributed by atoms with Crippen molar-refractivity contribution in [2.75, 3.05) is 13.1 Å². The number of rotatable bonds is 8. The first-order chi connectivity index (χ1) is 7.22. The highest BCUT2D eigenvalue weighted by Gasteiger charge is 2.14. The van der Waals surface area contributed by atoms with Crippen molar-refractivity contribution in [3.8, 4) is 0 Å². The predicted octanol–water partition coefficient (Wildman–Crippen LogP) is 2.90. The molecule has 0 aromatic carbocycles. The van der Waals surface area contributed by atoms with Crippen LogP contribution in [0.15, 0.2) is 0 Å². The van der Waals surface area contributed by atoms with Gasteiger partial charge >= 0.3 is 5.97 Å². The summed E-state index contributed by atoms with van der Waals surface area (Å²) in [4.78, 5) is 10.7. The Labute approximate surface area is 94.3 Å². The molecule has 0 radical (unpaired) electrons. The molecular formula is C12H27NO2. The average Bonchev–Trinajstić information content (AvgIpc) is 2.25. The van der Waals surface area contributed by atoms with Crippen LogP contribution in [0.3, 0.4) is 0 Å². The van der Waals surface area contributed by atoms with Crippen molar-refractivity contribution in [3.63, 3.8) is 0 Å². The molecule has 0 amide bonds. The third kappa shape index (κ3) is 11.4. The molecule has 0 aliphatic rings. The lowest BCUT2D eigenvalue weighted by molar-refractivity contribution is -0.142. The molecule has 0 saturated heterocycles. The highest BCUT2D eigenvalue weighted by atomic mass is 16.4. The highest BCUT2D eigenvalue weighted by Crippen LogP contribution is 2.10. The third-order valence-electron chi connectivity index (χ3n) is 2.08. The molecule has 0 aliphatic carbocycles. The standard InChI is InChI=1S/C10H21NO2.C2H6/c1-3-5-9(10(12)13)6-8-11-7-4-2;1-2/h9,11H,3-8H2,1-2H3,(H,12,13);1-2H3. The van der Waals surface area contributed by atoms with Gasteiger partial charge in [-0.2, -0.15) is 0 Å². The molecule has 3 heteroatoms. The van der Waals surface area contributed by atoms with Crippen LogP contribution >= 0.6 is 0 Å². The summed E-state index contributed by atoms with van der Waals surface area (Å²) in [5.41, 5.74) is 0. The second kappa shape index (κ2) is 13.4. The average molecular weight is 217 g/mol. The maximum atomic E-state index is 10.7. The van der Waals surface area contributed by atoms with Gasteiger partial charge in [-0.05, 0) is 32.4 Å². The van der Waals surface area contributed by atoms with Gasteiger partial charge in [0.15, 0.2) is 0 Å². The quantitative estimate of drug-likeness (QED) is 0.615. The number of carbonyl (C=O) groups is 1. The van der Waals surface area contributed by atoms with Crippen molar-refractivity contribution < 1.29 is 9.90 Å². The molecule has 0 aromatic rings. The molecule has 0 aromatic heterocycles. The summed E-state index contributed by atoms with van der Waals surface area (Å²) in [6.45, 7) is 9.94. The minimum Gasteiger partial charge on any atom is -0.481 e. The first-order valence-corrected chi connectivity index (χ1v) is 6.15. The van der Waals surface area contributed by atoms with Crippen LogP contribution < -0.4 is 5.32 Å². The lowest BCUT2D eigenvalue weighted by Crippen LogP contribution is -2.22. The Morgan fingerprint density at radius 1 is 1.13 bits per heavy atom. The maximum absolute atomic E-state index is 10.7. The number of nitrogens with one attached hydrogen (secondary N) is 1. The van der Waals surface area contributed by atoms with Crippen LogP contribution in [0.5, 0.6) is 0 Å². The van der Waals surface area contributed by atoms with Crippen molar-refractivity contribution in [1.82, 2.24) is 5.32 Å². The van der Waals surface area contributed by atoms with Crippen molar-refractivity contribution in [2.45, 2.75) is 53.4 Å². The number of carboxylic acid groups (broad SMARTS) is 1. The summed E-state index contributed by atoms with van der Waals surface area (Å²) in [7, 11) is 0. The lowest BCUT2D eigenvalue weighted by atomic mass is 10.0. The zero-order chi connectivity index (χ0) is 12.1. The van der Waals surface area contributed by atoms with E-state index < -0.39 is 5.97 Å². The Morgan fingerprint density at radius 3 is 2.13 bits per heavy atom. The van der Waals surface area contributed by atoms with Crippen LogP contribution in [0.2, 0.25) is 0 Å². The molecule has 0 fully saturated rings. The minimum absolute atomic E-state index is 0.158. The van der Waals surface area contributed by atoms with Crippen LogP contribution in [0.4, 0.5) is 0 Å². The molecule has 2 N–H and O–H groups in total. The van der Waals surface area contributed by atoms with E-state index in [2.05, 4.69) is 12.2 Å². The number of hydrogen-bond acceptors (Lipinski definition) is 2. The Bertz CT molecular complexity index is 138. The van der Waals surface area contributed by atoms with E-state index >= 15 is 0 Å². The number of hydrogen-bond donors (Lipinski definition) is 2. The molecule has 1 unspecified atom stereocenters. The molecule has 0 saturated carbocycles. The van der Waals surface area contributed by atoms with Gasteiger partial charge in [0.05, 0.1) is 5.92 Å². The summed E-state index contributed by atoms with van der Waals surface area (Å²) >= 11 is 0. The second-order valence-electron chi connectivity index (χ2n) is 3.36. The van der Waals surface area contributed by atoms with E-state index in [-0.39, 0.29) is 5.92 Å². The van der Waals surface area contributed by atoms with Crippen molar-refractivity contribution in [3.05, 3.63) is 0 Å². The van der Waals surface area contributed by atoms with E-state index in [4.69, 9.17) is 5.11 Å². The predicted molar refractivity (Wildman–Crippen MR) is 65.2 cm³/mol. The highest BCUT2D eigenvalue weighted by molar-refractivity contribution is 5.69. The maximum Gasteiger partial charge on any atom is 0.306 e. The second-order valence-corrected chi connectivity index (χ2v) is 3.36. The van der Waals surface area contributed by atoms with Gasteiger partial charge in [-0.3, -0.25) is 4.79 Å². The summed E-state index contributed by atoms with van der Waals surface area (Å²) in [6, 6.07) is 0. The van der Waals surface area contributed by atoms with Crippen LogP contribution in [-0.2, 0) is 4.79 Å². The largest absolute Gasteiger partial charge is 0.481 e. The fraction of sp³-hybridized carbons (Fsp3) is 0.917. The van der Waals surface area contributed by atoms with E-state index in [1.165, 1.54) is 0 Å². The molecule has 0 aliphatic heterocycles. The molecule has 0 spiro atoms. The summed E-state index contributed by atoms with van der Waals surface area (Å²) in [5.74, 6) is -0.811. The summed E-state index contributed by atoms with van der Waals surface area (Å²) < 4.78 is 0. The fourth-order valence-corrected chi connectivity index (χ4v) is 1.32. The van der Waals surface area contributed by atoms with E-state index in [1.54, 1.807) is 0 Å². The number of aliphatic carboxylic acids is 1. The normalized spacial score (nSPS) is 11.5. The van der Waals surface area contributed by atoms with Crippen molar-refractivity contribution in [2.24, 2.45) is 5.92 Å². The fourth-order valence-electron chi connectivity index (χ4n) is 1.32. The Morgan fingerprint density at radius 2 is 1.73 bits per heavy atom. The van der Waals surface area contributed by atoms with Gasteiger partial charge in [0.1, 0.15) is 0 Å². The monoisotopic (exact) mass is 217 g/mol. The Balaban J connectivity index is 0. The molecule has 92 valence electrons. The molecule has 0 heterocycles. The smallest absolute Gasteiger partial charge is 0.306 e. The van der Waals surface area contributed by atoms with Gasteiger partial charge in [0, 0.05) is 0 Å². The van der Waals surface area contributed by atoms with Gasteiger partial charge < -0.3 is 10.4 Å². The Kier molecular flexibility index (Phi) is 15.1. The topological polar surface area (TPSA) is 49.3 Å². The molecule has 15 heavy (non-hydrogen) atoms. The zero-order valence-electron chi connectivity index (χ0n) is 10.7. The SMILES string of the molecule is CC.CCCNCCC(CCC)C(=O)O. The van der Waals surface area contributed by atoms with Gasteiger partial charge in [0.2, 0.25) is 0 Å². The minimum atomic E-state index is -0.653. The number of carboxylic acids is 1. The first kappa shape index (κ1) is 16.8. The van der Waals surface area contributed by atoms with E-state index in [9.17, 15) is 4.79 Å². The van der Waals surface area contributed by atoms with Crippen molar-refractivity contribution >= 4 is 5.97 Å². The lowest BCUT2D eigenvalue weighted by Gasteiger charge is -2.10.